The van der Waals surface area contributed by atoms with Gasteiger partial charge in [0.15, 0.2) is 5.12 Å². The van der Waals surface area contributed by atoms with Gasteiger partial charge in [0.25, 0.3) is 5.91 Å². The van der Waals surface area contributed by atoms with Crippen molar-refractivity contribution < 1.29 is 43.5 Å². The van der Waals surface area contributed by atoms with E-state index in [9.17, 15) is 24.0 Å². The van der Waals surface area contributed by atoms with Gasteiger partial charge in [0, 0.05) is 37.0 Å². The van der Waals surface area contributed by atoms with Crippen LogP contribution in [0.1, 0.15) is 53.5 Å². The van der Waals surface area contributed by atoms with Gasteiger partial charge in [-0.15, -0.1) is 0 Å². The third-order valence-electron chi connectivity index (χ3n) is 6.15. The highest BCUT2D eigenvalue weighted by molar-refractivity contribution is 8.14. The molecule has 13 nitrogen and oxygen atoms in total. The number of hydrogen-bond donors (Lipinski definition) is 3. The first-order valence-electron chi connectivity index (χ1n) is 13.7. The van der Waals surface area contributed by atoms with Crippen LogP contribution in [0.25, 0.3) is 0 Å². The lowest BCUT2D eigenvalue weighted by Gasteiger charge is -2.23. The number of rotatable bonds is 11. The van der Waals surface area contributed by atoms with E-state index in [1.165, 1.54) is 50.3 Å². The average molecular weight is 631 g/mol. The van der Waals surface area contributed by atoms with Crippen LogP contribution in [0, 0.1) is 0 Å². The molecule has 0 unspecified atom stereocenters. The molecule has 44 heavy (non-hydrogen) atoms. The second-order valence-electron chi connectivity index (χ2n) is 9.16. The summed E-state index contributed by atoms with van der Waals surface area (Å²) in [6.07, 6.45) is 0.797. The zero-order chi connectivity index (χ0) is 32.8. The van der Waals surface area contributed by atoms with Gasteiger partial charge in [-0.05, 0) is 42.3 Å². The summed E-state index contributed by atoms with van der Waals surface area (Å²) in [6, 6.07) is 9.51. The lowest BCUT2D eigenvalue weighted by molar-refractivity contribution is -0.120. The smallest absolute Gasteiger partial charge is 0.410 e. The molecule has 2 aromatic carbocycles. The fourth-order valence-electron chi connectivity index (χ4n) is 4.12. The van der Waals surface area contributed by atoms with Crippen LogP contribution in [0.4, 0.5) is 16.2 Å². The van der Waals surface area contributed by atoms with Crippen LogP contribution in [0.3, 0.4) is 0 Å². The number of thioether (sulfide) groups is 1. The van der Waals surface area contributed by atoms with Crippen LogP contribution in [-0.2, 0) is 30.5 Å². The Balaban J connectivity index is 0.00000330. The van der Waals surface area contributed by atoms with Crippen molar-refractivity contribution in [3.05, 3.63) is 71.8 Å². The van der Waals surface area contributed by atoms with Crippen LogP contribution >= 0.6 is 11.8 Å². The van der Waals surface area contributed by atoms with E-state index < -0.39 is 29.9 Å². The Hall–Kier alpha value is -4.40. The Kier molecular flexibility index (Phi) is 14.4. The number of hydroxylamine groups is 2. The fourth-order valence-corrected chi connectivity index (χ4v) is 5.10. The minimum atomic E-state index is -1.01. The van der Waals surface area contributed by atoms with Gasteiger partial charge < -0.3 is 14.8 Å². The summed E-state index contributed by atoms with van der Waals surface area (Å²) in [4.78, 5) is 69.9. The molecule has 0 radical (unpaired) electrons. The first kappa shape index (κ1) is 35.8. The lowest BCUT2D eigenvalue weighted by Crippen LogP contribution is -2.43. The molecule has 1 heterocycles. The van der Waals surface area contributed by atoms with Crippen LogP contribution in [-0.4, -0.2) is 82.8 Å². The Labute approximate surface area is 260 Å². The first-order chi connectivity index (χ1) is 21.1. The second-order valence-corrected chi connectivity index (χ2v) is 10.6. The number of esters is 1. The highest BCUT2D eigenvalue weighted by Gasteiger charge is 2.41. The van der Waals surface area contributed by atoms with E-state index in [1.54, 1.807) is 24.3 Å². The monoisotopic (exact) mass is 630 g/mol. The maximum Gasteiger partial charge on any atom is 0.410 e. The lowest BCUT2D eigenvalue weighted by atomic mass is 10.1. The maximum absolute atomic E-state index is 13.5. The van der Waals surface area contributed by atoms with Crippen molar-refractivity contribution in [3.8, 4) is 0 Å². The van der Waals surface area contributed by atoms with Crippen LogP contribution in [0.5, 0.6) is 0 Å². The topological polar surface area (TPSA) is 164 Å². The van der Waals surface area contributed by atoms with E-state index in [2.05, 4.69) is 11.9 Å². The van der Waals surface area contributed by atoms with Crippen molar-refractivity contribution in [2.75, 3.05) is 38.1 Å². The third kappa shape index (κ3) is 10.1. The van der Waals surface area contributed by atoms with Crippen LogP contribution < -0.4 is 10.8 Å². The Morgan fingerprint density at radius 2 is 1.73 bits per heavy atom. The summed E-state index contributed by atoms with van der Waals surface area (Å²) >= 11 is 1.02. The largest absolute Gasteiger partial charge is 0.458 e. The molecule has 0 bridgehead atoms. The van der Waals surface area contributed by atoms with Gasteiger partial charge in [0.2, 0.25) is 5.91 Å². The molecule has 0 aromatic heterocycles. The van der Waals surface area contributed by atoms with E-state index >= 15 is 0 Å². The van der Waals surface area contributed by atoms with Gasteiger partial charge in [0.1, 0.15) is 19.3 Å². The zero-order valence-electron chi connectivity index (χ0n) is 25.3. The summed E-state index contributed by atoms with van der Waals surface area (Å²) in [5, 5.41) is 12.1. The molecule has 1 fully saturated rings. The molecular formula is C30H38N4O9S. The molecule has 0 aliphatic carbocycles. The summed E-state index contributed by atoms with van der Waals surface area (Å²) in [5.41, 5.74) is 3.26. The zero-order valence-corrected chi connectivity index (χ0v) is 26.1. The van der Waals surface area contributed by atoms with Crippen LogP contribution in [0.2, 0.25) is 0 Å². The third-order valence-corrected chi connectivity index (χ3v) is 7.16. The van der Waals surface area contributed by atoms with Gasteiger partial charge in [0.05, 0.1) is 18.4 Å². The Morgan fingerprint density at radius 1 is 1.07 bits per heavy atom. The van der Waals surface area contributed by atoms with Crippen LogP contribution in [0.15, 0.2) is 55.1 Å². The molecule has 14 heteroatoms. The number of anilines is 2. The number of carbonyl (C=O) groups excluding carboxylic acids is 5. The molecule has 3 rings (SSSR count). The van der Waals surface area contributed by atoms with Crippen molar-refractivity contribution in [3.63, 3.8) is 0 Å². The molecule has 0 spiro atoms. The van der Waals surface area contributed by atoms with Crippen molar-refractivity contribution in [1.29, 1.82) is 0 Å². The van der Waals surface area contributed by atoms with E-state index in [4.69, 9.17) is 19.5 Å². The summed E-state index contributed by atoms with van der Waals surface area (Å²) in [5.74, 6) is -1.93. The summed E-state index contributed by atoms with van der Waals surface area (Å²) in [6.45, 7) is 8.84. The number of carbonyl (C=O) groups is 5. The summed E-state index contributed by atoms with van der Waals surface area (Å²) in [7, 11) is 2.68. The average Bonchev–Trinajstić information content (AvgIpc) is 3.46. The van der Waals surface area contributed by atoms with Gasteiger partial charge >= 0.3 is 12.1 Å². The number of amides is 3. The normalized spacial score (nSPS) is 15.3. The minimum absolute atomic E-state index is 0.00220. The van der Waals surface area contributed by atoms with E-state index in [1.807, 2.05) is 19.3 Å². The molecular weight excluding hydrogens is 592 g/mol. The molecule has 2 atom stereocenters. The predicted molar refractivity (Wildman–Crippen MR) is 165 cm³/mol. The molecule has 3 amide bonds. The standard InChI is InChI=1S/C28H32N4O9S.C2H6/c1-5-10-40-27(36)20-11-19(26(35)31(3)39-4)12-22(13-20)29-25(34)24-14-23(42-17(2)33)15-32(24)28(37)41-16-18-6-8-21(30-38)9-7-18;1-2/h5-9,11-13,23-24,30,38H,1,10,14-16H2,2-4H3,(H,29,34);1-2H3/t23-,24-;/m0./s1. The molecule has 3 N–H and O–H groups in total. The first-order valence-corrected chi connectivity index (χ1v) is 14.6. The number of nitrogens with zero attached hydrogens (tertiary/aromatic N) is 2. The molecule has 238 valence electrons. The van der Waals surface area contributed by atoms with E-state index in [-0.39, 0.29) is 53.4 Å². The quantitative estimate of drug-likeness (QED) is 0.182. The van der Waals surface area contributed by atoms with Gasteiger partial charge in [-0.25, -0.2) is 14.7 Å². The minimum Gasteiger partial charge on any atom is -0.458 e. The van der Waals surface area contributed by atoms with Gasteiger partial charge in [-0.2, -0.15) is 0 Å². The van der Waals surface area contributed by atoms with Crippen molar-refractivity contribution in [2.45, 2.75) is 45.1 Å². The van der Waals surface area contributed by atoms with Crippen molar-refractivity contribution in [1.82, 2.24) is 9.96 Å². The van der Waals surface area contributed by atoms with Crippen molar-refractivity contribution in [2.24, 2.45) is 0 Å². The van der Waals surface area contributed by atoms with E-state index in [0.29, 0.717) is 11.3 Å². The van der Waals surface area contributed by atoms with Gasteiger partial charge in [-0.3, -0.25) is 34.8 Å². The molecule has 2 aromatic rings. The molecule has 1 aliphatic heterocycles. The Morgan fingerprint density at radius 3 is 2.32 bits per heavy atom. The molecule has 1 aliphatic rings. The number of nitrogens with one attached hydrogen (secondary N) is 2. The molecule has 1 saturated heterocycles. The summed E-state index contributed by atoms with van der Waals surface area (Å²) < 4.78 is 10.5. The predicted octanol–water partition coefficient (Wildman–Crippen LogP) is 4.49. The fraction of sp³-hybridized carbons (Fsp3) is 0.367. The van der Waals surface area contributed by atoms with E-state index in [0.717, 1.165) is 16.8 Å². The SMILES string of the molecule is C=CCOC(=O)c1cc(NC(=O)[C@@H]2C[C@H](SC(C)=O)CN2C(=O)OCc2ccc(NO)cc2)cc(C(=O)N(C)OC)c1.CC. The number of ether oxygens (including phenoxy) is 2. The molecule has 0 saturated carbocycles. The van der Waals surface area contributed by atoms with Crippen molar-refractivity contribution >= 4 is 52.1 Å². The highest BCUT2D eigenvalue weighted by Crippen LogP contribution is 2.30. The highest BCUT2D eigenvalue weighted by atomic mass is 32.2. The number of likely N-dealkylation sites (tertiary alicyclic amines) is 1. The maximum atomic E-state index is 13.5. The number of hydrogen-bond acceptors (Lipinski definition) is 11. The second kappa shape index (κ2) is 17.7. The number of benzene rings is 2. The Bertz CT molecular complexity index is 1340. The van der Waals surface area contributed by atoms with Gasteiger partial charge in [-0.1, -0.05) is 50.4 Å².